The maximum atomic E-state index is 4.34. The number of rotatable bonds is 1. The molecule has 0 aliphatic carbocycles. The minimum absolute atomic E-state index is 0.732. The van der Waals surface area contributed by atoms with Crippen molar-refractivity contribution in [3.8, 4) is 0 Å². The molecule has 0 N–H and O–H groups in total. The van der Waals surface area contributed by atoms with E-state index in [1.54, 1.807) is 0 Å². The zero-order valence-corrected chi connectivity index (χ0v) is 8.38. The molecule has 73 valence electrons. The minimum atomic E-state index is 0.732. The minimum Gasteiger partial charge on any atom is -0.282 e. The van der Waals surface area contributed by atoms with E-state index in [2.05, 4.69) is 10.5 Å². The standard InChI is InChI=1S/C10H13N4/c1-13-8-14(2)12-10(11-13)9-6-4-3-5-7-9/h3-7H,8H2,1-2H3. The summed E-state index contributed by atoms with van der Waals surface area (Å²) in [5.74, 6) is 0.766. The van der Waals surface area contributed by atoms with E-state index in [0.717, 1.165) is 18.1 Å². The van der Waals surface area contributed by atoms with E-state index in [4.69, 9.17) is 0 Å². The predicted molar refractivity (Wildman–Crippen MR) is 55.5 cm³/mol. The van der Waals surface area contributed by atoms with E-state index >= 15 is 0 Å². The van der Waals surface area contributed by atoms with Gasteiger partial charge in [-0.25, -0.2) is 0 Å². The quantitative estimate of drug-likeness (QED) is 0.651. The first-order valence-electron chi connectivity index (χ1n) is 4.53. The van der Waals surface area contributed by atoms with E-state index in [1.165, 1.54) is 0 Å². The molecule has 1 radical (unpaired) electrons. The summed E-state index contributed by atoms with van der Waals surface area (Å²) in [6.07, 6.45) is 0. The molecule has 0 unspecified atom stereocenters. The molecule has 1 aliphatic rings. The van der Waals surface area contributed by atoms with Gasteiger partial charge < -0.3 is 0 Å². The molecule has 14 heavy (non-hydrogen) atoms. The van der Waals surface area contributed by atoms with Gasteiger partial charge in [0.05, 0.1) is 0 Å². The summed E-state index contributed by atoms with van der Waals surface area (Å²) >= 11 is 0. The topological polar surface area (TPSA) is 32.9 Å². The smallest absolute Gasteiger partial charge is 0.193 e. The summed E-state index contributed by atoms with van der Waals surface area (Å²) in [6.45, 7) is 0.732. The van der Waals surface area contributed by atoms with E-state index in [0.29, 0.717) is 0 Å². The highest BCUT2D eigenvalue weighted by molar-refractivity contribution is 5.98. The summed E-state index contributed by atoms with van der Waals surface area (Å²) in [7, 11) is 3.88. The Balaban J connectivity index is 2.26. The van der Waals surface area contributed by atoms with Crippen molar-refractivity contribution in [1.29, 1.82) is 0 Å². The summed E-state index contributed by atoms with van der Waals surface area (Å²) < 4.78 is 0. The Bertz CT molecular complexity index is 333. The zero-order chi connectivity index (χ0) is 9.97. The number of hydrogen-bond acceptors (Lipinski definition) is 3. The third-order valence-corrected chi connectivity index (χ3v) is 1.97. The van der Waals surface area contributed by atoms with Gasteiger partial charge in [-0.2, -0.15) is 15.5 Å². The van der Waals surface area contributed by atoms with Gasteiger partial charge in [0, 0.05) is 19.7 Å². The van der Waals surface area contributed by atoms with Gasteiger partial charge in [-0.3, -0.25) is 5.01 Å². The average Bonchev–Trinajstić information content (AvgIpc) is 2.18. The van der Waals surface area contributed by atoms with Crippen molar-refractivity contribution in [2.45, 2.75) is 0 Å². The van der Waals surface area contributed by atoms with Crippen LogP contribution < -0.4 is 5.43 Å². The fourth-order valence-corrected chi connectivity index (χ4v) is 1.41. The first-order valence-corrected chi connectivity index (χ1v) is 4.53. The van der Waals surface area contributed by atoms with Crippen LogP contribution in [0.3, 0.4) is 0 Å². The maximum Gasteiger partial charge on any atom is 0.193 e. The summed E-state index contributed by atoms with van der Waals surface area (Å²) in [4.78, 5) is 0. The Labute approximate surface area is 83.8 Å². The molecule has 0 aromatic heterocycles. The lowest BCUT2D eigenvalue weighted by Gasteiger charge is -2.27. The Kier molecular flexibility index (Phi) is 2.37. The van der Waals surface area contributed by atoms with E-state index < -0.39 is 0 Å². The fraction of sp³-hybridized carbons (Fsp3) is 0.300. The molecule has 0 saturated carbocycles. The van der Waals surface area contributed by atoms with Gasteiger partial charge in [0.15, 0.2) is 5.84 Å². The molecule has 2 rings (SSSR count). The van der Waals surface area contributed by atoms with Crippen LogP contribution in [-0.2, 0) is 0 Å². The van der Waals surface area contributed by atoms with Crippen molar-refractivity contribution < 1.29 is 0 Å². The SMILES string of the molecule is CN1CN(C)N=C(c2ccccc2)[N]1. The highest BCUT2D eigenvalue weighted by Crippen LogP contribution is 2.05. The molecule has 0 amide bonds. The van der Waals surface area contributed by atoms with Crippen molar-refractivity contribution in [2.75, 3.05) is 20.8 Å². The van der Waals surface area contributed by atoms with Gasteiger partial charge >= 0.3 is 0 Å². The lowest BCUT2D eigenvalue weighted by molar-refractivity contribution is 0.137. The first kappa shape index (κ1) is 9.02. The zero-order valence-electron chi connectivity index (χ0n) is 8.38. The summed E-state index contributed by atoms with van der Waals surface area (Å²) in [5, 5.41) is 8.09. The van der Waals surface area contributed by atoms with Gasteiger partial charge in [0.1, 0.15) is 6.67 Å². The highest BCUT2D eigenvalue weighted by atomic mass is 15.7. The largest absolute Gasteiger partial charge is 0.282 e. The lowest BCUT2D eigenvalue weighted by Crippen LogP contribution is -2.44. The van der Waals surface area contributed by atoms with E-state index in [9.17, 15) is 0 Å². The Morgan fingerprint density at radius 2 is 1.79 bits per heavy atom. The van der Waals surface area contributed by atoms with Crippen LogP contribution >= 0.6 is 0 Å². The Morgan fingerprint density at radius 1 is 1.07 bits per heavy atom. The third kappa shape index (κ3) is 1.85. The lowest BCUT2D eigenvalue weighted by atomic mass is 10.2. The van der Waals surface area contributed by atoms with Crippen LogP contribution in [-0.4, -0.2) is 36.6 Å². The molecule has 1 heterocycles. The predicted octanol–water partition coefficient (Wildman–Crippen LogP) is 0.702. The molecule has 4 nitrogen and oxygen atoms in total. The maximum absolute atomic E-state index is 4.34. The number of amidine groups is 1. The van der Waals surface area contributed by atoms with Gasteiger partial charge in [-0.05, 0) is 0 Å². The summed E-state index contributed by atoms with van der Waals surface area (Å²) in [6, 6.07) is 9.98. The molecule has 4 heteroatoms. The first-order chi connectivity index (χ1) is 6.75. The van der Waals surface area contributed by atoms with Crippen molar-refractivity contribution in [3.63, 3.8) is 0 Å². The van der Waals surface area contributed by atoms with Gasteiger partial charge in [-0.1, -0.05) is 30.3 Å². The molecular weight excluding hydrogens is 176 g/mol. The van der Waals surface area contributed by atoms with Crippen LogP contribution in [0.5, 0.6) is 0 Å². The second-order valence-electron chi connectivity index (χ2n) is 3.35. The van der Waals surface area contributed by atoms with Crippen molar-refractivity contribution in [3.05, 3.63) is 35.9 Å². The summed E-state index contributed by atoms with van der Waals surface area (Å²) in [5.41, 5.74) is 5.39. The highest BCUT2D eigenvalue weighted by Gasteiger charge is 2.15. The van der Waals surface area contributed by atoms with E-state index in [-0.39, 0.29) is 0 Å². The third-order valence-electron chi connectivity index (χ3n) is 1.97. The van der Waals surface area contributed by atoms with Crippen LogP contribution in [0.1, 0.15) is 5.56 Å². The van der Waals surface area contributed by atoms with Crippen LogP contribution in [0, 0.1) is 0 Å². The fourth-order valence-electron chi connectivity index (χ4n) is 1.41. The van der Waals surface area contributed by atoms with Crippen LogP contribution in [0.25, 0.3) is 0 Å². The van der Waals surface area contributed by atoms with Gasteiger partial charge in [0.2, 0.25) is 0 Å². The monoisotopic (exact) mass is 189 g/mol. The second kappa shape index (κ2) is 3.67. The molecule has 1 aromatic carbocycles. The van der Waals surface area contributed by atoms with Gasteiger partial charge in [0.25, 0.3) is 0 Å². The average molecular weight is 189 g/mol. The Hall–Kier alpha value is -1.55. The number of hydrazone groups is 1. The second-order valence-corrected chi connectivity index (χ2v) is 3.35. The van der Waals surface area contributed by atoms with Crippen molar-refractivity contribution in [1.82, 2.24) is 15.4 Å². The molecule has 0 bridgehead atoms. The van der Waals surface area contributed by atoms with Crippen molar-refractivity contribution in [2.24, 2.45) is 5.10 Å². The molecule has 0 spiro atoms. The molecule has 0 fully saturated rings. The molecule has 0 saturated heterocycles. The molecular formula is C10H13N4. The Morgan fingerprint density at radius 3 is 2.43 bits per heavy atom. The normalized spacial score (nSPS) is 17.6. The van der Waals surface area contributed by atoms with E-state index in [1.807, 2.05) is 54.4 Å². The number of benzene rings is 1. The van der Waals surface area contributed by atoms with Crippen LogP contribution in [0.2, 0.25) is 0 Å². The number of nitrogens with zero attached hydrogens (tertiary/aromatic N) is 4. The van der Waals surface area contributed by atoms with Gasteiger partial charge in [-0.15, -0.1) is 0 Å². The van der Waals surface area contributed by atoms with Crippen LogP contribution in [0.15, 0.2) is 35.4 Å². The van der Waals surface area contributed by atoms with Crippen molar-refractivity contribution >= 4 is 5.84 Å². The van der Waals surface area contributed by atoms with Crippen LogP contribution in [0.4, 0.5) is 0 Å². The number of hydrogen-bond donors (Lipinski definition) is 0. The molecule has 0 atom stereocenters. The molecule has 1 aromatic rings. The molecule has 1 aliphatic heterocycles.